The fourth-order valence-corrected chi connectivity index (χ4v) is 9.28. The smallest absolute Gasteiger partial charge is 0.306 e. The molecular formula is C69H122O6. The maximum Gasteiger partial charge on any atom is 0.306 e. The Bertz CT molecular complexity index is 1390. The largest absolute Gasteiger partial charge is 0.462 e. The molecule has 0 aliphatic heterocycles. The van der Waals surface area contributed by atoms with Crippen LogP contribution >= 0.6 is 0 Å². The normalized spacial score (nSPS) is 12.5. The topological polar surface area (TPSA) is 78.9 Å². The average Bonchev–Trinajstić information content (AvgIpc) is 3.41. The van der Waals surface area contributed by atoms with Gasteiger partial charge in [-0.05, 0) is 96.3 Å². The lowest BCUT2D eigenvalue weighted by Crippen LogP contribution is -2.30. The summed E-state index contributed by atoms with van der Waals surface area (Å²) in [5.74, 6) is -0.911. The number of unbranched alkanes of at least 4 members (excludes halogenated alkanes) is 36. The molecule has 0 saturated carbocycles. The molecule has 0 fully saturated rings. The number of allylic oxidation sites excluding steroid dienone is 12. The number of esters is 3. The van der Waals surface area contributed by atoms with E-state index in [1.807, 2.05) is 0 Å². The highest BCUT2D eigenvalue weighted by Crippen LogP contribution is 2.17. The van der Waals surface area contributed by atoms with E-state index in [2.05, 4.69) is 93.7 Å². The van der Waals surface area contributed by atoms with Gasteiger partial charge in [0.2, 0.25) is 0 Å². The molecule has 0 spiro atoms. The average molecular weight is 1050 g/mol. The van der Waals surface area contributed by atoms with Crippen LogP contribution in [-0.2, 0) is 28.6 Å². The van der Waals surface area contributed by atoms with Crippen LogP contribution < -0.4 is 0 Å². The van der Waals surface area contributed by atoms with Crippen molar-refractivity contribution in [1.82, 2.24) is 0 Å². The van der Waals surface area contributed by atoms with Gasteiger partial charge in [0.15, 0.2) is 6.10 Å². The number of carbonyl (C=O) groups is 3. The first-order chi connectivity index (χ1) is 37.0. The van der Waals surface area contributed by atoms with E-state index < -0.39 is 6.10 Å². The zero-order chi connectivity index (χ0) is 54.3. The monoisotopic (exact) mass is 1050 g/mol. The molecule has 1 atom stereocenters. The van der Waals surface area contributed by atoms with Crippen molar-refractivity contribution in [2.45, 2.75) is 335 Å². The van der Waals surface area contributed by atoms with Crippen molar-refractivity contribution in [2.75, 3.05) is 13.2 Å². The van der Waals surface area contributed by atoms with E-state index in [0.29, 0.717) is 19.3 Å². The van der Waals surface area contributed by atoms with Crippen LogP contribution in [0.4, 0.5) is 0 Å². The highest BCUT2D eigenvalue weighted by Gasteiger charge is 2.19. The van der Waals surface area contributed by atoms with Crippen molar-refractivity contribution in [3.8, 4) is 0 Å². The Hall–Kier alpha value is -3.15. The maximum atomic E-state index is 12.9. The Labute approximate surface area is 465 Å². The minimum Gasteiger partial charge on any atom is -0.462 e. The van der Waals surface area contributed by atoms with Crippen LogP contribution in [0.2, 0.25) is 0 Å². The highest BCUT2D eigenvalue weighted by atomic mass is 16.6. The van der Waals surface area contributed by atoms with Crippen molar-refractivity contribution in [2.24, 2.45) is 0 Å². The van der Waals surface area contributed by atoms with Crippen LogP contribution in [0.5, 0.6) is 0 Å². The van der Waals surface area contributed by atoms with Gasteiger partial charge in [-0.25, -0.2) is 0 Å². The molecule has 0 heterocycles. The summed E-state index contributed by atoms with van der Waals surface area (Å²) >= 11 is 0. The van der Waals surface area contributed by atoms with Gasteiger partial charge in [-0.2, -0.15) is 0 Å². The molecule has 0 aromatic rings. The molecule has 434 valence electrons. The van der Waals surface area contributed by atoms with Gasteiger partial charge in [-0.1, -0.05) is 286 Å². The minimum atomic E-state index is -0.796. The highest BCUT2D eigenvalue weighted by molar-refractivity contribution is 5.71. The molecule has 0 saturated heterocycles. The number of rotatable bonds is 59. The zero-order valence-electron chi connectivity index (χ0n) is 49.8. The number of hydrogen-bond donors (Lipinski definition) is 0. The predicted molar refractivity (Wildman–Crippen MR) is 325 cm³/mol. The zero-order valence-corrected chi connectivity index (χ0v) is 49.8. The van der Waals surface area contributed by atoms with Gasteiger partial charge in [-0.15, -0.1) is 0 Å². The summed E-state index contributed by atoms with van der Waals surface area (Å²) in [7, 11) is 0. The Morgan fingerprint density at radius 3 is 0.787 bits per heavy atom. The molecule has 0 bridgehead atoms. The molecule has 0 aromatic heterocycles. The fourth-order valence-electron chi connectivity index (χ4n) is 9.28. The summed E-state index contributed by atoms with van der Waals surface area (Å²) < 4.78 is 16.9. The number of carbonyl (C=O) groups excluding carboxylic acids is 3. The maximum absolute atomic E-state index is 12.9. The molecule has 6 nitrogen and oxygen atoms in total. The molecule has 0 aromatic carbocycles. The van der Waals surface area contributed by atoms with Gasteiger partial charge in [0.25, 0.3) is 0 Å². The molecule has 0 aliphatic carbocycles. The van der Waals surface area contributed by atoms with Crippen molar-refractivity contribution in [1.29, 1.82) is 0 Å². The quantitative estimate of drug-likeness (QED) is 0.0261. The minimum absolute atomic E-state index is 0.0882. The second-order valence-corrected chi connectivity index (χ2v) is 21.7. The third-order valence-electron chi connectivity index (χ3n) is 14.2. The van der Waals surface area contributed by atoms with Gasteiger partial charge in [0, 0.05) is 19.3 Å². The number of ether oxygens (including phenoxy) is 3. The van der Waals surface area contributed by atoms with Gasteiger partial charge in [0.1, 0.15) is 13.2 Å². The van der Waals surface area contributed by atoms with Crippen LogP contribution in [0.25, 0.3) is 0 Å². The lowest BCUT2D eigenvalue weighted by atomic mass is 10.0. The second-order valence-electron chi connectivity index (χ2n) is 21.7. The third-order valence-corrected chi connectivity index (χ3v) is 14.2. The molecule has 0 unspecified atom stereocenters. The summed E-state index contributed by atoms with van der Waals surface area (Å²) in [6, 6.07) is 0. The third kappa shape index (κ3) is 61.6. The van der Waals surface area contributed by atoms with Gasteiger partial charge >= 0.3 is 17.9 Å². The fraction of sp³-hybridized carbons (Fsp3) is 0.783. The molecule has 0 amide bonds. The molecular weight excluding hydrogens is 925 g/mol. The summed E-state index contributed by atoms with van der Waals surface area (Å²) in [4.78, 5) is 38.3. The molecule has 0 radical (unpaired) electrons. The summed E-state index contributed by atoms with van der Waals surface area (Å²) in [6.07, 6.45) is 81.9. The van der Waals surface area contributed by atoms with E-state index in [4.69, 9.17) is 14.2 Å². The Morgan fingerprint density at radius 1 is 0.267 bits per heavy atom. The summed E-state index contributed by atoms with van der Waals surface area (Å²) in [5.41, 5.74) is 0. The van der Waals surface area contributed by atoms with E-state index in [-0.39, 0.29) is 31.1 Å². The molecule has 75 heavy (non-hydrogen) atoms. The number of hydrogen-bond acceptors (Lipinski definition) is 6. The van der Waals surface area contributed by atoms with E-state index in [0.717, 1.165) is 96.3 Å². The van der Waals surface area contributed by atoms with E-state index >= 15 is 0 Å². The molecule has 0 N–H and O–H groups in total. The first-order valence-electron chi connectivity index (χ1n) is 32.4. The summed E-state index contributed by atoms with van der Waals surface area (Å²) in [5, 5.41) is 0. The first-order valence-corrected chi connectivity index (χ1v) is 32.4. The van der Waals surface area contributed by atoms with Gasteiger partial charge in [-0.3, -0.25) is 14.4 Å². The second kappa shape index (κ2) is 63.4. The van der Waals surface area contributed by atoms with Crippen molar-refractivity contribution in [3.63, 3.8) is 0 Å². The lowest BCUT2D eigenvalue weighted by Gasteiger charge is -2.18. The van der Waals surface area contributed by atoms with Crippen LogP contribution in [0.3, 0.4) is 0 Å². The Kier molecular flexibility index (Phi) is 60.7. The van der Waals surface area contributed by atoms with Crippen LogP contribution in [-0.4, -0.2) is 37.2 Å². The molecule has 0 rings (SSSR count). The Balaban J connectivity index is 4.41. The van der Waals surface area contributed by atoms with Gasteiger partial charge in [0.05, 0.1) is 0 Å². The van der Waals surface area contributed by atoms with Crippen molar-refractivity contribution < 1.29 is 28.6 Å². The Morgan fingerprint density at radius 2 is 0.480 bits per heavy atom. The molecule has 0 aliphatic rings. The van der Waals surface area contributed by atoms with Crippen LogP contribution in [0, 0.1) is 0 Å². The first kappa shape index (κ1) is 71.8. The standard InChI is InChI=1S/C69H122O6/c1-4-7-10-13-16-19-22-25-28-31-33-34-36-38-41-44-47-50-53-56-59-62-68(71)74-65-66(64-73-67(70)61-58-55-52-49-46-43-40-37-30-27-24-21-18-15-12-9-6-3)75-69(72)63-60-57-54-51-48-45-42-39-35-32-29-26-23-20-17-14-11-8-5-2/h17-18,20-21,26-27,29-30,35,39,45,48,66H,4-16,19,22-25,28,31-34,36-38,40-44,46-47,49-65H2,1-3H3/b20-17-,21-18-,29-26-,30-27-,39-35-,48-45-/t66-/m1/s1. The predicted octanol–water partition coefficient (Wildman–Crippen LogP) is 22.1. The molecule has 6 heteroatoms. The van der Waals surface area contributed by atoms with E-state index in [1.165, 1.54) is 193 Å². The van der Waals surface area contributed by atoms with Crippen LogP contribution in [0.15, 0.2) is 72.9 Å². The van der Waals surface area contributed by atoms with Crippen LogP contribution in [0.1, 0.15) is 329 Å². The summed E-state index contributed by atoms with van der Waals surface area (Å²) in [6.45, 7) is 6.60. The van der Waals surface area contributed by atoms with Crippen molar-refractivity contribution in [3.05, 3.63) is 72.9 Å². The van der Waals surface area contributed by atoms with Gasteiger partial charge < -0.3 is 14.2 Å². The van der Waals surface area contributed by atoms with Crippen molar-refractivity contribution >= 4 is 17.9 Å². The van der Waals surface area contributed by atoms with E-state index in [1.54, 1.807) is 0 Å². The SMILES string of the molecule is CCCCC/C=C\C/C=C\C/C=C\C/C=C\CCCCCC(=O)O[C@H](COC(=O)CCCCCCCCC/C=C\C/C=C\CCCCC)COC(=O)CCCCCCCCCCCCCCCCCCCCCCC. The van der Waals surface area contributed by atoms with E-state index in [9.17, 15) is 14.4 Å². The lowest BCUT2D eigenvalue weighted by molar-refractivity contribution is -0.167.